The van der Waals surface area contributed by atoms with Gasteiger partial charge in [-0.3, -0.25) is 9.59 Å². The predicted molar refractivity (Wildman–Crippen MR) is 97.7 cm³/mol. The Balaban J connectivity index is 0.00000484. The molecule has 0 fully saturated rings. The van der Waals surface area contributed by atoms with Gasteiger partial charge in [0.25, 0.3) is 5.91 Å². The largest absolute Gasteiger partial charge is 0.351 e. The summed E-state index contributed by atoms with van der Waals surface area (Å²) in [6, 6.07) is 4.89. The Morgan fingerprint density at radius 1 is 1.17 bits per heavy atom. The Bertz CT molecular complexity index is 543. The molecule has 0 aliphatic rings. The van der Waals surface area contributed by atoms with E-state index in [0.29, 0.717) is 35.8 Å². The summed E-state index contributed by atoms with van der Waals surface area (Å²) in [7, 11) is 1.81. The highest BCUT2D eigenvalue weighted by Gasteiger charge is 2.17. The molecule has 5 nitrogen and oxygen atoms in total. The maximum absolute atomic E-state index is 12.1. The van der Waals surface area contributed by atoms with Gasteiger partial charge in [0.05, 0.1) is 10.6 Å². The molecular weight excluding hydrogens is 337 g/mol. The molecule has 0 aliphatic carbocycles. The Labute approximate surface area is 149 Å². The van der Waals surface area contributed by atoms with Crippen LogP contribution >= 0.6 is 24.0 Å². The number of carbonyl (C=O) groups is 2. The highest BCUT2D eigenvalue weighted by Crippen LogP contribution is 2.23. The van der Waals surface area contributed by atoms with Crippen molar-refractivity contribution in [2.24, 2.45) is 5.41 Å². The molecule has 0 aliphatic heterocycles. The Hall–Kier alpha value is -1.30. The lowest BCUT2D eigenvalue weighted by molar-refractivity contribution is -0.117. The summed E-state index contributed by atoms with van der Waals surface area (Å²) in [5, 5.41) is 8.86. The lowest BCUT2D eigenvalue weighted by Gasteiger charge is -2.17. The highest BCUT2D eigenvalue weighted by atomic mass is 35.5. The molecule has 1 aromatic rings. The van der Waals surface area contributed by atoms with E-state index < -0.39 is 0 Å². The molecule has 0 bridgehead atoms. The molecule has 2 amide bonds. The third kappa shape index (κ3) is 8.21. The van der Waals surface area contributed by atoms with E-state index in [-0.39, 0.29) is 29.6 Å². The van der Waals surface area contributed by atoms with Gasteiger partial charge < -0.3 is 16.0 Å². The zero-order valence-corrected chi connectivity index (χ0v) is 15.5. The monoisotopic (exact) mass is 361 g/mol. The summed E-state index contributed by atoms with van der Waals surface area (Å²) in [5.41, 5.74) is 0.827. The van der Waals surface area contributed by atoms with Gasteiger partial charge in [0.2, 0.25) is 5.91 Å². The second-order valence-corrected chi connectivity index (χ2v) is 6.75. The summed E-state index contributed by atoms with van der Waals surface area (Å²) in [6.07, 6.45) is 0.402. The fourth-order valence-electron chi connectivity index (χ4n) is 1.86. The number of benzene rings is 1. The van der Waals surface area contributed by atoms with Crippen LogP contribution in [0.1, 0.15) is 37.6 Å². The quantitative estimate of drug-likeness (QED) is 0.681. The van der Waals surface area contributed by atoms with Crippen LogP contribution in [0.2, 0.25) is 5.02 Å². The van der Waals surface area contributed by atoms with E-state index >= 15 is 0 Å². The highest BCUT2D eigenvalue weighted by molar-refractivity contribution is 6.34. The van der Waals surface area contributed by atoms with Crippen molar-refractivity contribution in [3.63, 3.8) is 0 Å². The first-order valence-electron chi connectivity index (χ1n) is 7.25. The molecule has 0 unspecified atom stereocenters. The van der Waals surface area contributed by atoms with Crippen molar-refractivity contribution in [2.45, 2.75) is 27.2 Å². The maximum atomic E-state index is 12.1. The number of nitrogens with one attached hydrogen (secondary N) is 3. The van der Waals surface area contributed by atoms with Crippen molar-refractivity contribution >= 4 is 41.5 Å². The van der Waals surface area contributed by atoms with Crippen molar-refractivity contribution < 1.29 is 9.59 Å². The average molecular weight is 362 g/mol. The Morgan fingerprint density at radius 3 is 2.39 bits per heavy atom. The predicted octanol–water partition coefficient (Wildman–Crippen LogP) is 3.09. The molecule has 130 valence electrons. The van der Waals surface area contributed by atoms with Crippen molar-refractivity contribution in [1.29, 1.82) is 0 Å². The molecule has 0 aromatic heterocycles. The first-order chi connectivity index (χ1) is 10.2. The topological polar surface area (TPSA) is 70.2 Å². The van der Waals surface area contributed by atoms with E-state index in [9.17, 15) is 9.59 Å². The van der Waals surface area contributed by atoms with Crippen LogP contribution in [0.4, 0.5) is 5.69 Å². The van der Waals surface area contributed by atoms with Crippen molar-refractivity contribution in [3.8, 4) is 0 Å². The van der Waals surface area contributed by atoms with Crippen LogP contribution in [0.25, 0.3) is 0 Å². The number of anilines is 1. The minimum atomic E-state index is -0.257. The molecule has 1 rings (SSSR count). The fraction of sp³-hybridized carbons (Fsp3) is 0.500. The van der Waals surface area contributed by atoms with Crippen LogP contribution in [0.5, 0.6) is 0 Å². The number of likely N-dealkylation sites (N-methyl/N-ethyl adjacent to an activating group) is 1. The lowest BCUT2D eigenvalue weighted by atomic mass is 9.92. The lowest BCUT2D eigenvalue weighted by Crippen LogP contribution is -2.30. The van der Waals surface area contributed by atoms with Crippen molar-refractivity contribution in [3.05, 3.63) is 28.8 Å². The van der Waals surface area contributed by atoms with Crippen LogP contribution in [-0.2, 0) is 4.79 Å². The third-order valence-corrected chi connectivity index (χ3v) is 3.18. The van der Waals surface area contributed by atoms with Crippen molar-refractivity contribution in [1.82, 2.24) is 10.6 Å². The van der Waals surface area contributed by atoms with Gasteiger partial charge in [0.1, 0.15) is 0 Å². The Kier molecular flexibility index (Phi) is 9.20. The molecule has 3 N–H and O–H groups in total. The molecule has 0 spiro atoms. The second-order valence-electron chi connectivity index (χ2n) is 6.34. The molecule has 7 heteroatoms. The van der Waals surface area contributed by atoms with Crippen LogP contribution in [0.15, 0.2) is 18.2 Å². The van der Waals surface area contributed by atoms with Gasteiger partial charge in [0.15, 0.2) is 0 Å². The molecule has 0 radical (unpaired) electrons. The molecule has 0 atom stereocenters. The van der Waals surface area contributed by atoms with Gasteiger partial charge >= 0.3 is 0 Å². The number of hydrogen-bond donors (Lipinski definition) is 3. The summed E-state index contributed by atoms with van der Waals surface area (Å²) >= 11 is 6.06. The number of rotatable bonds is 6. The molecule has 0 saturated carbocycles. The molecule has 23 heavy (non-hydrogen) atoms. The fourth-order valence-corrected chi connectivity index (χ4v) is 2.06. The van der Waals surface area contributed by atoms with Gasteiger partial charge in [-0.1, -0.05) is 32.4 Å². The average Bonchev–Trinajstić information content (AvgIpc) is 2.39. The Morgan fingerprint density at radius 2 is 1.83 bits per heavy atom. The number of amides is 2. The summed E-state index contributed by atoms with van der Waals surface area (Å²) in [6.45, 7) is 7.16. The molecule has 1 aromatic carbocycles. The van der Waals surface area contributed by atoms with Gasteiger partial charge in [0, 0.05) is 25.2 Å². The smallest absolute Gasteiger partial charge is 0.252 e. The third-order valence-electron chi connectivity index (χ3n) is 2.85. The number of halogens is 2. The first-order valence-corrected chi connectivity index (χ1v) is 7.63. The van der Waals surface area contributed by atoms with Crippen LogP contribution < -0.4 is 16.0 Å². The molecular formula is C16H25Cl2N3O2. The van der Waals surface area contributed by atoms with Gasteiger partial charge in [-0.25, -0.2) is 0 Å². The zero-order valence-electron chi connectivity index (χ0n) is 14.0. The second kappa shape index (κ2) is 9.75. The standard InChI is InChI=1S/C16H24ClN3O2.ClH/c1-16(2,3)10-14(21)20-11-5-6-13(17)12(9-11)15(22)19-8-7-18-4;/h5-6,9,18H,7-8,10H2,1-4H3,(H,19,22)(H,20,21);1H. The van der Waals surface area contributed by atoms with Gasteiger partial charge in [-0.05, 0) is 30.7 Å². The van der Waals surface area contributed by atoms with E-state index in [1.165, 1.54) is 0 Å². The minimum absolute atomic E-state index is 0. The van der Waals surface area contributed by atoms with Crippen LogP contribution in [0, 0.1) is 5.41 Å². The van der Waals surface area contributed by atoms with E-state index in [4.69, 9.17) is 11.6 Å². The van der Waals surface area contributed by atoms with E-state index in [1.807, 2.05) is 27.8 Å². The van der Waals surface area contributed by atoms with E-state index in [1.54, 1.807) is 18.2 Å². The summed E-state index contributed by atoms with van der Waals surface area (Å²) in [5.74, 6) is -0.344. The minimum Gasteiger partial charge on any atom is -0.351 e. The summed E-state index contributed by atoms with van der Waals surface area (Å²) < 4.78 is 0. The van der Waals surface area contributed by atoms with Crippen LogP contribution in [0.3, 0.4) is 0 Å². The van der Waals surface area contributed by atoms with E-state index in [0.717, 1.165) is 0 Å². The van der Waals surface area contributed by atoms with Gasteiger partial charge in [-0.15, -0.1) is 12.4 Å². The van der Waals surface area contributed by atoms with Crippen molar-refractivity contribution in [2.75, 3.05) is 25.5 Å². The normalized spacial score (nSPS) is 10.7. The molecule has 0 saturated heterocycles. The van der Waals surface area contributed by atoms with Crippen LogP contribution in [-0.4, -0.2) is 32.0 Å². The first kappa shape index (κ1) is 21.7. The van der Waals surface area contributed by atoms with Gasteiger partial charge in [-0.2, -0.15) is 0 Å². The molecule has 0 heterocycles. The van der Waals surface area contributed by atoms with E-state index in [2.05, 4.69) is 16.0 Å². The summed E-state index contributed by atoms with van der Waals surface area (Å²) in [4.78, 5) is 24.0. The maximum Gasteiger partial charge on any atom is 0.252 e. The SMILES string of the molecule is CNCCNC(=O)c1cc(NC(=O)CC(C)(C)C)ccc1Cl.Cl. The number of hydrogen-bond acceptors (Lipinski definition) is 3. The number of carbonyl (C=O) groups excluding carboxylic acids is 2. The zero-order chi connectivity index (χ0) is 16.8.